The van der Waals surface area contributed by atoms with Crippen molar-refractivity contribution >= 4 is 16.7 Å². The zero-order chi connectivity index (χ0) is 20.0. The third-order valence-electron chi connectivity index (χ3n) is 5.53. The summed E-state index contributed by atoms with van der Waals surface area (Å²) in [6.45, 7) is 0.624. The van der Waals surface area contributed by atoms with E-state index in [1.54, 1.807) is 36.4 Å². The molecule has 1 aromatic heterocycles. The van der Waals surface area contributed by atoms with E-state index >= 15 is 0 Å². The van der Waals surface area contributed by atoms with Crippen LogP contribution in [0.15, 0.2) is 82.0 Å². The highest BCUT2D eigenvalue weighted by Gasteiger charge is 2.34. The van der Waals surface area contributed by atoms with Crippen molar-refractivity contribution in [3.05, 3.63) is 106 Å². The Morgan fingerprint density at radius 1 is 0.966 bits per heavy atom. The molecule has 0 aliphatic carbocycles. The number of aromatic hydroxyl groups is 1. The quantitative estimate of drug-likeness (QED) is 0.503. The highest BCUT2D eigenvalue weighted by atomic mass is 19.1. The van der Waals surface area contributed by atoms with Gasteiger partial charge in [-0.3, -0.25) is 0 Å². The molecule has 1 aliphatic rings. The number of hydrogen-bond donors (Lipinski definition) is 1. The molecule has 5 rings (SSSR count). The minimum Gasteiger partial charge on any atom is -0.507 e. The molecular formula is C24H18FNO3. The minimum absolute atomic E-state index is 0.0781. The number of halogens is 1. The Balaban J connectivity index is 1.78. The molecule has 144 valence electrons. The second-order valence-electron chi connectivity index (χ2n) is 7.17. The minimum atomic E-state index is -0.574. The van der Waals surface area contributed by atoms with Gasteiger partial charge in [-0.05, 0) is 53.9 Å². The first-order valence-corrected chi connectivity index (χ1v) is 9.48. The van der Waals surface area contributed by atoms with E-state index < -0.39 is 11.7 Å². The maximum Gasteiger partial charge on any atom is 0.345 e. The Hall–Kier alpha value is -3.60. The van der Waals surface area contributed by atoms with Crippen LogP contribution in [0.3, 0.4) is 0 Å². The number of anilines is 1. The molecule has 1 unspecified atom stereocenters. The van der Waals surface area contributed by atoms with Gasteiger partial charge in [0.05, 0.1) is 11.4 Å². The molecule has 0 radical (unpaired) electrons. The molecule has 0 saturated carbocycles. The van der Waals surface area contributed by atoms with Crippen LogP contribution in [0.1, 0.15) is 22.7 Å². The number of rotatable bonds is 2. The Bertz CT molecular complexity index is 1260. The van der Waals surface area contributed by atoms with E-state index in [2.05, 4.69) is 0 Å². The fourth-order valence-electron chi connectivity index (χ4n) is 4.18. The van der Waals surface area contributed by atoms with Crippen LogP contribution in [0.4, 0.5) is 10.1 Å². The van der Waals surface area contributed by atoms with E-state index in [9.17, 15) is 14.3 Å². The molecule has 1 atom stereocenters. The fraction of sp³-hybridized carbons (Fsp3) is 0.125. The van der Waals surface area contributed by atoms with Crippen molar-refractivity contribution in [1.82, 2.24) is 0 Å². The van der Waals surface area contributed by atoms with E-state index in [-0.39, 0.29) is 17.1 Å². The standard InChI is InChI=1S/C24H18FNO3/c25-16-9-11-17(12-10-16)26-14-13-15-5-1-2-6-18(15)22(26)21-23(27)19-7-3-4-8-20(19)29-24(21)28/h1-12,22,27H,13-14H2. The van der Waals surface area contributed by atoms with Crippen LogP contribution in [0.25, 0.3) is 11.0 Å². The first-order chi connectivity index (χ1) is 14.1. The van der Waals surface area contributed by atoms with Crippen LogP contribution in [-0.4, -0.2) is 11.7 Å². The van der Waals surface area contributed by atoms with E-state index in [0.717, 1.165) is 23.2 Å². The van der Waals surface area contributed by atoms with Gasteiger partial charge in [-0.2, -0.15) is 0 Å². The van der Waals surface area contributed by atoms with Gasteiger partial charge in [0.2, 0.25) is 0 Å². The number of hydrogen-bond acceptors (Lipinski definition) is 4. The van der Waals surface area contributed by atoms with Crippen LogP contribution < -0.4 is 10.5 Å². The SMILES string of the molecule is O=c1oc2ccccc2c(O)c1C1c2ccccc2CCN1c1ccc(F)cc1. The van der Waals surface area contributed by atoms with Crippen molar-refractivity contribution in [2.75, 3.05) is 11.4 Å². The highest BCUT2D eigenvalue weighted by Crippen LogP contribution is 2.41. The topological polar surface area (TPSA) is 53.7 Å². The predicted octanol–water partition coefficient (Wildman–Crippen LogP) is 4.79. The highest BCUT2D eigenvalue weighted by molar-refractivity contribution is 5.84. The van der Waals surface area contributed by atoms with E-state index in [1.165, 1.54) is 12.1 Å². The molecule has 4 nitrogen and oxygen atoms in total. The maximum atomic E-state index is 13.5. The van der Waals surface area contributed by atoms with Crippen LogP contribution >= 0.6 is 0 Å². The lowest BCUT2D eigenvalue weighted by atomic mass is 9.87. The maximum absolute atomic E-state index is 13.5. The second-order valence-corrected chi connectivity index (χ2v) is 7.17. The van der Waals surface area contributed by atoms with Crippen LogP contribution in [0.2, 0.25) is 0 Å². The summed E-state index contributed by atoms with van der Waals surface area (Å²) in [5.41, 5.74) is 2.79. The summed E-state index contributed by atoms with van der Waals surface area (Å²) in [6, 6.07) is 20.5. The summed E-state index contributed by atoms with van der Waals surface area (Å²) in [7, 11) is 0. The normalized spacial score (nSPS) is 16.0. The molecule has 5 heteroatoms. The summed E-state index contributed by atoms with van der Waals surface area (Å²) in [5, 5.41) is 11.6. The van der Waals surface area contributed by atoms with Crippen molar-refractivity contribution in [3.8, 4) is 5.75 Å². The second kappa shape index (κ2) is 6.78. The number of para-hydroxylation sites is 1. The van der Waals surface area contributed by atoms with Crippen LogP contribution in [0, 0.1) is 5.82 Å². The molecule has 0 bridgehead atoms. The average molecular weight is 387 g/mol. The summed E-state index contributed by atoms with van der Waals surface area (Å²) in [6.07, 6.45) is 0.781. The van der Waals surface area contributed by atoms with Gasteiger partial charge in [-0.15, -0.1) is 0 Å². The molecule has 29 heavy (non-hydrogen) atoms. The molecule has 2 heterocycles. The fourth-order valence-corrected chi connectivity index (χ4v) is 4.18. The van der Waals surface area contributed by atoms with Crippen LogP contribution in [-0.2, 0) is 6.42 Å². The zero-order valence-corrected chi connectivity index (χ0v) is 15.5. The summed E-state index contributed by atoms with van der Waals surface area (Å²) in [5.74, 6) is -0.401. The monoisotopic (exact) mass is 387 g/mol. The first kappa shape index (κ1) is 17.5. The Morgan fingerprint density at radius 3 is 2.52 bits per heavy atom. The van der Waals surface area contributed by atoms with E-state index in [4.69, 9.17) is 4.42 Å². The van der Waals surface area contributed by atoms with Gasteiger partial charge in [-0.25, -0.2) is 9.18 Å². The largest absolute Gasteiger partial charge is 0.507 e. The third-order valence-corrected chi connectivity index (χ3v) is 5.53. The van der Waals surface area contributed by atoms with Gasteiger partial charge in [0, 0.05) is 12.2 Å². The lowest BCUT2D eigenvalue weighted by Crippen LogP contribution is -2.38. The Labute approximate surface area is 166 Å². The molecule has 0 saturated heterocycles. The van der Waals surface area contributed by atoms with Crippen molar-refractivity contribution in [2.45, 2.75) is 12.5 Å². The van der Waals surface area contributed by atoms with Gasteiger partial charge in [0.15, 0.2) is 0 Å². The molecule has 1 aliphatic heterocycles. The Morgan fingerprint density at radius 2 is 1.69 bits per heavy atom. The summed E-state index contributed by atoms with van der Waals surface area (Å²) >= 11 is 0. The van der Waals surface area contributed by atoms with Crippen molar-refractivity contribution in [2.24, 2.45) is 0 Å². The molecule has 0 spiro atoms. The molecule has 0 amide bonds. The zero-order valence-electron chi connectivity index (χ0n) is 15.5. The lowest BCUT2D eigenvalue weighted by Gasteiger charge is -2.39. The molecule has 0 fully saturated rings. The molecular weight excluding hydrogens is 369 g/mol. The molecule has 4 aromatic rings. The molecule has 3 aromatic carbocycles. The van der Waals surface area contributed by atoms with Crippen molar-refractivity contribution < 1.29 is 13.9 Å². The van der Waals surface area contributed by atoms with Gasteiger partial charge >= 0.3 is 5.63 Å². The van der Waals surface area contributed by atoms with Gasteiger partial charge in [0.25, 0.3) is 0 Å². The number of benzene rings is 3. The van der Waals surface area contributed by atoms with Gasteiger partial charge < -0.3 is 14.4 Å². The van der Waals surface area contributed by atoms with E-state index in [0.29, 0.717) is 17.5 Å². The number of fused-ring (bicyclic) bond motifs is 2. The number of nitrogens with zero attached hydrogens (tertiary/aromatic N) is 1. The lowest BCUT2D eigenvalue weighted by molar-refractivity contribution is 0.446. The Kier molecular flexibility index (Phi) is 4.09. The predicted molar refractivity (Wildman–Crippen MR) is 110 cm³/mol. The smallest absolute Gasteiger partial charge is 0.345 e. The van der Waals surface area contributed by atoms with Crippen molar-refractivity contribution in [3.63, 3.8) is 0 Å². The summed E-state index contributed by atoms with van der Waals surface area (Å²) < 4.78 is 19.0. The van der Waals surface area contributed by atoms with Crippen molar-refractivity contribution in [1.29, 1.82) is 0 Å². The van der Waals surface area contributed by atoms with Gasteiger partial charge in [-0.1, -0.05) is 36.4 Å². The van der Waals surface area contributed by atoms with Crippen LogP contribution in [0.5, 0.6) is 5.75 Å². The van der Waals surface area contributed by atoms with Gasteiger partial charge in [0.1, 0.15) is 22.7 Å². The third kappa shape index (κ3) is 2.86. The van der Waals surface area contributed by atoms with E-state index in [1.807, 2.05) is 29.2 Å². The average Bonchev–Trinajstić information content (AvgIpc) is 2.74. The molecule has 1 N–H and O–H groups in total. The first-order valence-electron chi connectivity index (χ1n) is 9.48. The summed E-state index contributed by atoms with van der Waals surface area (Å²) in [4.78, 5) is 15.0.